The van der Waals surface area contributed by atoms with Gasteiger partial charge in [0.05, 0.1) is 6.54 Å². The molecule has 0 bridgehead atoms. The Morgan fingerprint density at radius 1 is 1.33 bits per heavy atom. The predicted octanol–water partition coefficient (Wildman–Crippen LogP) is 2.09. The maximum atomic E-state index is 12.8. The number of carbonyl (C=O) groups is 2. The van der Waals surface area contributed by atoms with Gasteiger partial charge in [-0.3, -0.25) is 9.59 Å². The normalized spacial score (nSPS) is 15.0. The van der Waals surface area contributed by atoms with E-state index in [2.05, 4.69) is 6.58 Å². The van der Waals surface area contributed by atoms with Crippen molar-refractivity contribution in [1.82, 2.24) is 9.80 Å². The number of rotatable bonds is 6. The molecule has 1 aromatic carbocycles. The Labute approximate surface area is 141 Å². The van der Waals surface area contributed by atoms with Gasteiger partial charge in [-0.2, -0.15) is 0 Å². The molecule has 1 aliphatic rings. The first-order chi connectivity index (χ1) is 11.5. The summed E-state index contributed by atoms with van der Waals surface area (Å²) >= 11 is 0. The molecule has 0 unspecified atom stereocenters. The van der Waals surface area contributed by atoms with E-state index < -0.39 is 0 Å². The van der Waals surface area contributed by atoms with E-state index in [0.717, 1.165) is 0 Å². The number of carbonyl (C=O) groups excluding carboxylic acids is 2. The standard InChI is InChI=1S/C18H23FN2O3/c1-3-17(22)21-10-8-14(9-11-21)18(23)20(2)12-13-24-16-6-4-15(19)5-7-16/h3-7,14H,1,8-13H2,2H3. The summed E-state index contributed by atoms with van der Waals surface area (Å²) in [6.45, 7) is 5.46. The lowest BCUT2D eigenvalue weighted by Crippen LogP contribution is -2.43. The molecule has 0 spiro atoms. The van der Waals surface area contributed by atoms with E-state index in [1.54, 1.807) is 29.0 Å². The molecule has 130 valence electrons. The second-order valence-electron chi connectivity index (χ2n) is 5.87. The first-order valence-corrected chi connectivity index (χ1v) is 8.06. The molecule has 1 saturated heterocycles. The van der Waals surface area contributed by atoms with Crippen molar-refractivity contribution < 1.29 is 18.7 Å². The molecule has 1 aliphatic heterocycles. The van der Waals surface area contributed by atoms with Crippen LogP contribution in [0.5, 0.6) is 5.75 Å². The molecule has 1 aromatic rings. The van der Waals surface area contributed by atoms with Gasteiger partial charge in [0.25, 0.3) is 0 Å². The second-order valence-corrected chi connectivity index (χ2v) is 5.87. The Balaban J connectivity index is 1.73. The van der Waals surface area contributed by atoms with Crippen molar-refractivity contribution in [3.8, 4) is 5.75 Å². The minimum atomic E-state index is -0.309. The van der Waals surface area contributed by atoms with E-state index in [1.807, 2.05) is 0 Å². The van der Waals surface area contributed by atoms with Gasteiger partial charge < -0.3 is 14.5 Å². The zero-order chi connectivity index (χ0) is 17.5. The third kappa shape index (κ3) is 4.81. The van der Waals surface area contributed by atoms with E-state index in [1.165, 1.54) is 18.2 Å². The number of piperidine rings is 1. The van der Waals surface area contributed by atoms with Gasteiger partial charge in [-0.05, 0) is 43.2 Å². The van der Waals surface area contributed by atoms with Crippen LogP contribution in [0.25, 0.3) is 0 Å². The number of likely N-dealkylation sites (N-methyl/N-ethyl adjacent to an activating group) is 1. The molecule has 0 N–H and O–H groups in total. The van der Waals surface area contributed by atoms with Gasteiger partial charge in [-0.1, -0.05) is 6.58 Å². The van der Waals surface area contributed by atoms with Crippen LogP contribution in [0.15, 0.2) is 36.9 Å². The van der Waals surface area contributed by atoms with Crippen LogP contribution in [0, 0.1) is 11.7 Å². The quantitative estimate of drug-likeness (QED) is 0.749. The highest BCUT2D eigenvalue weighted by atomic mass is 19.1. The van der Waals surface area contributed by atoms with Crippen LogP contribution in [0.4, 0.5) is 4.39 Å². The third-order valence-electron chi connectivity index (χ3n) is 4.22. The summed E-state index contributed by atoms with van der Waals surface area (Å²) < 4.78 is 18.3. The highest BCUT2D eigenvalue weighted by Crippen LogP contribution is 2.19. The molecule has 1 heterocycles. The van der Waals surface area contributed by atoms with Crippen molar-refractivity contribution in [1.29, 1.82) is 0 Å². The first kappa shape index (κ1) is 18.0. The van der Waals surface area contributed by atoms with E-state index in [0.29, 0.717) is 44.8 Å². The van der Waals surface area contributed by atoms with Gasteiger partial charge in [0, 0.05) is 26.1 Å². The number of hydrogen-bond acceptors (Lipinski definition) is 3. The fourth-order valence-electron chi connectivity index (χ4n) is 2.73. The average molecular weight is 334 g/mol. The van der Waals surface area contributed by atoms with Gasteiger partial charge in [0.2, 0.25) is 11.8 Å². The summed E-state index contributed by atoms with van der Waals surface area (Å²) in [5.74, 6) is 0.199. The lowest BCUT2D eigenvalue weighted by Gasteiger charge is -2.32. The number of likely N-dealkylation sites (tertiary alicyclic amines) is 1. The maximum Gasteiger partial charge on any atom is 0.245 e. The summed E-state index contributed by atoms with van der Waals surface area (Å²) in [6, 6.07) is 5.79. The van der Waals surface area contributed by atoms with Crippen molar-refractivity contribution in [2.24, 2.45) is 5.92 Å². The molecule has 0 atom stereocenters. The molecule has 0 radical (unpaired) electrons. The van der Waals surface area contributed by atoms with Crippen LogP contribution in [-0.2, 0) is 9.59 Å². The van der Waals surface area contributed by atoms with Gasteiger partial charge in [0.15, 0.2) is 0 Å². The topological polar surface area (TPSA) is 49.9 Å². The number of amides is 2. The van der Waals surface area contributed by atoms with Gasteiger partial charge in [0.1, 0.15) is 18.2 Å². The van der Waals surface area contributed by atoms with Crippen LogP contribution in [0.3, 0.4) is 0 Å². The van der Waals surface area contributed by atoms with Crippen LogP contribution in [0.2, 0.25) is 0 Å². The van der Waals surface area contributed by atoms with Gasteiger partial charge in [-0.25, -0.2) is 4.39 Å². The number of ether oxygens (including phenoxy) is 1. The monoisotopic (exact) mass is 334 g/mol. The molecule has 0 aromatic heterocycles. The van der Waals surface area contributed by atoms with Crippen molar-refractivity contribution in [3.05, 3.63) is 42.7 Å². The summed E-state index contributed by atoms with van der Waals surface area (Å²) in [5, 5.41) is 0. The Morgan fingerprint density at radius 3 is 2.54 bits per heavy atom. The molecule has 6 heteroatoms. The smallest absolute Gasteiger partial charge is 0.245 e. The number of benzene rings is 1. The summed E-state index contributed by atoms with van der Waals surface area (Å²) in [5.41, 5.74) is 0. The predicted molar refractivity (Wildman–Crippen MR) is 89.0 cm³/mol. The summed E-state index contributed by atoms with van der Waals surface area (Å²) in [7, 11) is 1.75. The fraction of sp³-hybridized carbons (Fsp3) is 0.444. The number of nitrogens with zero attached hydrogens (tertiary/aromatic N) is 2. The largest absolute Gasteiger partial charge is 0.492 e. The lowest BCUT2D eigenvalue weighted by atomic mass is 9.95. The zero-order valence-electron chi connectivity index (χ0n) is 13.9. The van der Waals surface area contributed by atoms with Crippen molar-refractivity contribution in [2.45, 2.75) is 12.8 Å². The number of hydrogen-bond donors (Lipinski definition) is 0. The van der Waals surface area contributed by atoms with Crippen LogP contribution < -0.4 is 4.74 Å². The van der Waals surface area contributed by atoms with E-state index in [4.69, 9.17) is 4.74 Å². The van der Waals surface area contributed by atoms with Crippen molar-refractivity contribution in [2.75, 3.05) is 33.3 Å². The zero-order valence-corrected chi connectivity index (χ0v) is 13.9. The molecule has 5 nitrogen and oxygen atoms in total. The molecule has 0 saturated carbocycles. The minimum absolute atomic E-state index is 0.0605. The maximum absolute atomic E-state index is 12.8. The average Bonchev–Trinajstić information content (AvgIpc) is 2.62. The summed E-state index contributed by atoms with van der Waals surface area (Å²) in [4.78, 5) is 27.3. The van der Waals surface area contributed by atoms with Crippen LogP contribution in [-0.4, -0.2) is 54.9 Å². The summed E-state index contributed by atoms with van der Waals surface area (Å²) in [6.07, 6.45) is 2.64. The van der Waals surface area contributed by atoms with E-state index in [-0.39, 0.29) is 23.5 Å². The third-order valence-corrected chi connectivity index (χ3v) is 4.22. The Hall–Kier alpha value is -2.37. The van der Waals surface area contributed by atoms with E-state index >= 15 is 0 Å². The minimum Gasteiger partial charge on any atom is -0.492 e. The van der Waals surface area contributed by atoms with Gasteiger partial charge >= 0.3 is 0 Å². The molecular weight excluding hydrogens is 311 g/mol. The highest BCUT2D eigenvalue weighted by Gasteiger charge is 2.28. The van der Waals surface area contributed by atoms with Crippen molar-refractivity contribution >= 4 is 11.8 Å². The second kappa shape index (κ2) is 8.47. The fourth-order valence-corrected chi connectivity index (χ4v) is 2.73. The van der Waals surface area contributed by atoms with Crippen LogP contribution >= 0.6 is 0 Å². The molecule has 1 fully saturated rings. The lowest BCUT2D eigenvalue weighted by molar-refractivity contribution is -0.138. The van der Waals surface area contributed by atoms with Crippen molar-refractivity contribution in [3.63, 3.8) is 0 Å². The van der Waals surface area contributed by atoms with E-state index in [9.17, 15) is 14.0 Å². The highest BCUT2D eigenvalue weighted by molar-refractivity contribution is 5.87. The Bertz CT molecular complexity index is 580. The SMILES string of the molecule is C=CC(=O)N1CCC(C(=O)N(C)CCOc2ccc(F)cc2)CC1. The number of halogens is 1. The molecule has 2 rings (SSSR count). The molecule has 2 amide bonds. The van der Waals surface area contributed by atoms with Crippen LogP contribution in [0.1, 0.15) is 12.8 Å². The molecular formula is C18H23FN2O3. The first-order valence-electron chi connectivity index (χ1n) is 8.06. The molecule has 0 aliphatic carbocycles. The molecule has 24 heavy (non-hydrogen) atoms. The Morgan fingerprint density at radius 2 is 1.96 bits per heavy atom. The Kier molecular flexibility index (Phi) is 6.35. The van der Waals surface area contributed by atoms with Gasteiger partial charge in [-0.15, -0.1) is 0 Å².